The first-order valence-electron chi connectivity index (χ1n) is 7.16. The molecular weight excluding hydrogens is 212 g/mol. The second-order valence-corrected chi connectivity index (χ2v) is 5.23. The lowest BCUT2D eigenvalue weighted by Crippen LogP contribution is -2.41. The van der Waals surface area contributed by atoms with Gasteiger partial charge in [0, 0.05) is 19.6 Å². The van der Waals surface area contributed by atoms with Gasteiger partial charge in [-0.3, -0.25) is 4.79 Å². The number of nitrogens with zero attached hydrogens (tertiary/aromatic N) is 1. The molecule has 1 rings (SSSR count). The number of rotatable bonds is 7. The van der Waals surface area contributed by atoms with Crippen LogP contribution in [0.15, 0.2) is 0 Å². The normalized spacial score (nSPS) is 18.3. The number of amides is 1. The van der Waals surface area contributed by atoms with Gasteiger partial charge in [0.1, 0.15) is 0 Å². The van der Waals surface area contributed by atoms with Crippen LogP contribution in [0.1, 0.15) is 52.9 Å². The van der Waals surface area contributed by atoms with Gasteiger partial charge in [-0.05, 0) is 38.5 Å². The van der Waals surface area contributed by atoms with Crippen LogP contribution in [0.5, 0.6) is 0 Å². The summed E-state index contributed by atoms with van der Waals surface area (Å²) in [5, 5.41) is 3.38. The molecule has 1 amide bonds. The third-order valence-corrected chi connectivity index (χ3v) is 4.31. The topological polar surface area (TPSA) is 32.3 Å². The third kappa shape index (κ3) is 3.98. The fourth-order valence-electron chi connectivity index (χ4n) is 2.90. The highest BCUT2D eigenvalue weighted by Crippen LogP contribution is 2.40. The van der Waals surface area contributed by atoms with Crippen molar-refractivity contribution in [1.82, 2.24) is 10.2 Å². The minimum Gasteiger partial charge on any atom is -0.342 e. The molecule has 0 bridgehead atoms. The van der Waals surface area contributed by atoms with E-state index in [1.165, 1.54) is 32.1 Å². The molecule has 0 aliphatic heterocycles. The Labute approximate surface area is 106 Å². The van der Waals surface area contributed by atoms with E-state index >= 15 is 0 Å². The maximum absolute atomic E-state index is 11.8. The molecule has 0 spiro atoms. The van der Waals surface area contributed by atoms with Crippen LogP contribution in [-0.4, -0.2) is 37.0 Å². The fraction of sp³-hybridized carbons (Fsp3) is 0.929. The van der Waals surface area contributed by atoms with Crippen molar-refractivity contribution in [2.24, 2.45) is 5.41 Å². The van der Waals surface area contributed by atoms with Gasteiger partial charge >= 0.3 is 0 Å². The molecule has 0 aromatic rings. The van der Waals surface area contributed by atoms with Crippen molar-refractivity contribution in [2.45, 2.75) is 52.9 Å². The van der Waals surface area contributed by atoms with Gasteiger partial charge in [0.25, 0.3) is 0 Å². The Balaban J connectivity index is 2.29. The average molecular weight is 240 g/mol. The van der Waals surface area contributed by atoms with Gasteiger partial charge in [-0.1, -0.05) is 19.8 Å². The number of nitrogens with one attached hydrogen (secondary N) is 1. The molecule has 1 aliphatic carbocycles. The molecule has 0 saturated heterocycles. The highest BCUT2D eigenvalue weighted by atomic mass is 16.2. The summed E-state index contributed by atoms with van der Waals surface area (Å²) in [6, 6.07) is 0. The predicted molar refractivity (Wildman–Crippen MR) is 72.0 cm³/mol. The average Bonchev–Trinajstić information content (AvgIpc) is 2.80. The molecule has 3 nitrogen and oxygen atoms in total. The zero-order chi connectivity index (χ0) is 12.7. The zero-order valence-corrected chi connectivity index (χ0v) is 11.7. The van der Waals surface area contributed by atoms with Crippen molar-refractivity contribution in [2.75, 3.05) is 26.2 Å². The van der Waals surface area contributed by atoms with E-state index < -0.39 is 0 Å². The van der Waals surface area contributed by atoms with Gasteiger partial charge in [0.2, 0.25) is 5.91 Å². The molecule has 0 heterocycles. The molecule has 100 valence electrons. The van der Waals surface area contributed by atoms with E-state index in [2.05, 4.69) is 12.2 Å². The SMILES string of the molecule is CCN(CC)C(=O)CNCC1(CC)CCCC1. The minimum atomic E-state index is 0.235. The first-order valence-corrected chi connectivity index (χ1v) is 7.16. The summed E-state index contributed by atoms with van der Waals surface area (Å²) < 4.78 is 0. The smallest absolute Gasteiger partial charge is 0.236 e. The molecule has 0 radical (unpaired) electrons. The summed E-state index contributed by atoms with van der Waals surface area (Å²) in [6.07, 6.45) is 6.62. The van der Waals surface area contributed by atoms with Gasteiger partial charge in [-0.2, -0.15) is 0 Å². The summed E-state index contributed by atoms with van der Waals surface area (Å²) in [5.74, 6) is 0.235. The highest BCUT2D eigenvalue weighted by molar-refractivity contribution is 5.78. The fourth-order valence-corrected chi connectivity index (χ4v) is 2.90. The molecule has 0 unspecified atom stereocenters. The molecule has 1 fully saturated rings. The Kier molecular flexibility index (Phi) is 5.96. The van der Waals surface area contributed by atoms with Crippen molar-refractivity contribution in [1.29, 1.82) is 0 Å². The third-order valence-electron chi connectivity index (χ3n) is 4.31. The predicted octanol–water partition coefficient (Wildman–Crippen LogP) is 2.41. The summed E-state index contributed by atoms with van der Waals surface area (Å²) in [4.78, 5) is 13.7. The van der Waals surface area contributed by atoms with Crippen molar-refractivity contribution >= 4 is 5.91 Å². The van der Waals surface area contributed by atoms with Crippen molar-refractivity contribution < 1.29 is 4.79 Å². The van der Waals surface area contributed by atoms with E-state index in [1.807, 2.05) is 18.7 Å². The number of hydrogen-bond donors (Lipinski definition) is 1. The zero-order valence-electron chi connectivity index (χ0n) is 11.7. The van der Waals surface area contributed by atoms with Crippen LogP contribution in [-0.2, 0) is 4.79 Å². The Morgan fingerprint density at radius 3 is 2.24 bits per heavy atom. The highest BCUT2D eigenvalue weighted by Gasteiger charge is 2.31. The van der Waals surface area contributed by atoms with Crippen LogP contribution in [0.25, 0.3) is 0 Å². The van der Waals surface area contributed by atoms with Crippen molar-refractivity contribution in [3.8, 4) is 0 Å². The standard InChI is InChI=1S/C14H28N2O/c1-4-14(9-7-8-10-14)12-15-11-13(17)16(5-2)6-3/h15H,4-12H2,1-3H3. The van der Waals surface area contributed by atoms with Crippen LogP contribution >= 0.6 is 0 Å². The molecular formula is C14H28N2O. The van der Waals surface area contributed by atoms with E-state index in [1.54, 1.807) is 0 Å². The summed E-state index contributed by atoms with van der Waals surface area (Å²) in [7, 11) is 0. The molecule has 0 atom stereocenters. The first-order chi connectivity index (χ1) is 8.17. The van der Waals surface area contributed by atoms with Crippen molar-refractivity contribution in [3.63, 3.8) is 0 Å². The Morgan fingerprint density at radius 2 is 1.76 bits per heavy atom. The van der Waals surface area contributed by atoms with Gasteiger partial charge < -0.3 is 10.2 Å². The maximum atomic E-state index is 11.8. The minimum absolute atomic E-state index is 0.235. The van der Waals surface area contributed by atoms with Crippen LogP contribution in [0, 0.1) is 5.41 Å². The monoisotopic (exact) mass is 240 g/mol. The Morgan fingerprint density at radius 1 is 1.18 bits per heavy atom. The van der Waals surface area contributed by atoms with Crippen LogP contribution < -0.4 is 5.32 Å². The molecule has 1 aliphatic rings. The second-order valence-electron chi connectivity index (χ2n) is 5.23. The molecule has 17 heavy (non-hydrogen) atoms. The van der Waals surface area contributed by atoms with E-state index in [0.29, 0.717) is 12.0 Å². The molecule has 1 N–H and O–H groups in total. The second kappa shape index (κ2) is 7.00. The van der Waals surface area contributed by atoms with Gasteiger partial charge in [-0.15, -0.1) is 0 Å². The van der Waals surface area contributed by atoms with E-state index in [4.69, 9.17) is 0 Å². The quantitative estimate of drug-likeness (QED) is 0.741. The van der Waals surface area contributed by atoms with Crippen LogP contribution in [0.4, 0.5) is 0 Å². The number of carbonyl (C=O) groups is 1. The number of hydrogen-bond acceptors (Lipinski definition) is 2. The summed E-state index contributed by atoms with van der Waals surface area (Å²) >= 11 is 0. The first kappa shape index (κ1) is 14.5. The van der Waals surface area contributed by atoms with Gasteiger partial charge in [0.15, 0.2) is 0 Å². The Bertz CT molecular complexity index is 230. The van der Waals surface area contributed by atoms with Crippen LogP contribution in [0.2, 0.25) is 0 Å². The molecule has 1 saturated carbocycles. The van der Waals surface area contributed by atoms with Crippen LogP contribution in [0.3, 0.4) is 0 Å². The van der Waals surface area contributed by atoms with E-state index in [0.717, 1.165) is 19.6 Å². The maximum Gasteiger partial charge on any atom is 0.236 e. The lowest BCUT2D eigenvalue weighted by Gasteiger charge is -2.28. The lowest BCUT2D eigenvalue weighted by atomic mass is 9.83. The van der Waals surface area contributed by atoms with E-state index in [9.17, 15) is 4.79 Å². The van der Waals surface area contributed by atoms with E-state index in [-0.39, 0.29) is 5.91 Å². The molecule has 0 aromatic heterocycles. The Hall–Kier alpha value is -0.570. The lowest BCUT2D eigenvalue weighted by molar-refractivity contribution is -0.129. The summed E-state index contributed by atoms with van der Waals surface area (Å²) in [6.45, 7) is 9.49. The largest absolute Gasteiger partial charge is 0.342 e. The van der Waals surface area contributed by atoms with Crippen molar-refractivity contribution in [3.05, 3.63) is 0 Å². The van der Waals surface area contributed by atoms with Gasteiger partial charge in [-0.25, -0.2) is 0 Å². The number of carbonyl (C=O) groups excluding carboxylic acids is 1. The molecule has 0 aromatic carbocycles. The summed E-state index contributed by atoms with van der Waals surface area (Å²) in [5.41, 5.74) is 0.476. The molecule has 3 heteroatoms. The number of likely N-dealkylation sites (N-methyl/N-ethyl adjacent to an activating group) is 1. The van der Waals surface area contributed by atoms with Gasteiger partial charge in [0.05, 0.1) is 6.54 Å².